The Morgan fingerprint density at radius 2 is 2.13 bits per heavy atom. The largest absolute Gasteiger partial charge is 0.487 e. The van der Waals surface area contributed by atoms with Crippen LogP contribution in [0.3, 0.4) is 0 Å². The minimum absolute atomic E-state index is 0.174. The highest BCUT2D eigenvalue weighted by Gasteiger charge is 2.30. The maximum absolute atomic E-state index is 6.11. The van der Waals surface area contributed by atoms with Crippen LogP contribution in [-0.4, -0.2) is 34.1 Å². The molecule has 4 rings (SSSR count). The van der Waals surface area contributed by atoms with Crippen LogP contribution in [0.25, 0.3) is 0 Å². The predicted octanol–water partition coefficient (Wildman–Crippen LogP) is 3.48. The van der Waals surface area contributed by atoms with Crippen LogP contribution in [0.15, 0.2) is 29.0 Å². The summed E-state index contributed by atoms with van der Waals surface area (Å²) in [6.07, 6.45) is 7.14. The lowest BCUT2D eigenvalue weighted by Crippen LogP contribution is -2.25. The van der Waals surface area contributed by atoms with E-state index in [4.69, 9.17) is 9.72 Å². The van der Waals surface area contributed by atoms with Crippen molar-refractivity contribution < 1.29 is 4.74 Å². The Morgan fingerprint density at radius 1 is 1.26 bits per heavy atom. The van der Waals surface area contributed by atoms with Gasteiger partial charge >= 0.3 is 0 Å². The molecule has 1 saturated heterocycles. The summed E-state index contributed by atoms with van der Waals surface area (Å²) in [4.78, 5) is 15.7. The molecule has 0 aromatic carbocycles. The molecule has 1 unspecified atom stereocenters. The van der Waals surface area contributed by atoms with Gasteiger partial charge in [0.05, 0.1) is 11.0 Å². The second-order valence-electron chi connectivity index (χ2n) is 6.28. The molecule has 1 aliphatic carbocycles. The lowest BCUT2D eigenvalue weighted by Gasteiger charge is -2.19. The van der Waals surface area contributed by atoms with Crippen molar-refractivity contribution in [3.63, 3.8) is 0 Å². The molecule has 5 nitrogen and oxygen atoms in total. The van der Waals surface area contributed by atoms with Crippen molar-refractivity contribution in [1.29, 1.82) is 0 Å². The van der Waals surface area contributed by atoms with E-state index >= 15 is 0 Å². The van der Waals surface area contributed by atoms with Crippen LogP contribution in [0.4, 0.5) is 5.82 Å². The first kappa shape index (κ1) is 14.9. The van der Waals surface area contributed by atoms with Crippen LogP contribution in [-0.2, 0) is 0 Å². The number of aryl methyl sites for hydroxylation is 1. The van der Waals surface area contributed by atoms with Gasteiger partial charge in [0.15, 0.2) is 0 Å². The highest BCUT2D eigenvalue weighted by Crippen LogP contribution is 2.39. The van der Waals surface area contributed by atoms with Crippen LogP contribution in [0.1, 0.15) is 36.7 Å². The van der Waals surface area contributed by atoms with Crippen LogP contribution >= 0.6 is 15.9 Å². The third-order valence-corrected chi connectivity index (χ3v) is 4.89. The summed E-state index contributed by atoms with van der Waals surface area (Å²) in [7, 11) is 0. The maximum Gasteiger partial charge on any atom is 0.137 e. The first-order valence-corrected chi connectivity index (χ1v) is 8.85. The van der Waals surface area contributed by atoms with E-state index in [1.165, 1.54) is 12.8 Å². The maximum atomic E-state index is 6.11. The zero-order valence-electron chi connectivity index (χ0n) is 13.1. The third kappa shape index (κ3) is 3.32. The molecule has 23 heavy (non-hydrogen) atoms. The quantitative estimate of drug-likeness (QED) is 0.819. The van der Waals surface area contributed by atoms with Gasteiger partial charge in [0.25, 0.3) is 0 Å². The topological polar surface area (TPSA) is 51.1 Å². The highest BCUT2D eigenvalue weighted by molar-refractivity contribution is 9.10. The summed E-state index contributed by atoms with van der Waals surface area (Å²) >= 11 is 3.48. The number of hydrogen-bond donors (Lipinski definition) is 0. The van der Waals surface area contributed by atoms with E-state index in [-0.39, 0.29) is 6.10 Å². The van der Waals surface area contributed by atoms with Crippen molar-refractivity contribution in [2.24, 2.45) is 0 Å². The predicted molar refractivity (Wildman–Crippen MR) is 91.9 cm³/mol. The summed E-state index contributed by atoms with van der Waals surface area (Å²) in [6, 6.07) is 3.98. The van der Waals surface area contributed by atoms with Gasteiger partial charge in [0.1, 0.15) is 23.5 Å². The van der Waals surface area contributed by atoms with Crippen LogP contribution in [0.2, 0.25) is 0 Å². The summed E-state index contributed by atoms with van der Waals surface area (Å²) in [5, 5.41) is 0. The lowest BCUT2D eigenvalue weighted by molar-refractivity contribution is 0.223. The molecule has 2 fully saturated rings. The van der Waals surface area contributed by atoms with E-state index in [0.717, 1.165) is 47.1 Å². The summed E-state index contributed by atoms with van der Waals surface area (Å²) in [6.45, 7) is 3.87. The number of pyridine rings is 1. The normalized spacial score (nSPS) is 20.8. The fourth-order valence-electron chi connectivity index (χ4n) is 2.93. The zero-order valence-corrected chi connectivity index (χ0v) is 14.7. The van der Waals surface area contributed by atoms with Gasteiger partial charge in [-0.25, -0.2) is 9.97 Å². The van der Waals surface area contributed by atoms with Crippen molar-refractivity contribution in [2.75, 3.05) is 18.0 Å². The summed E-state index contributed by atoms with van der Waals surface area (Å²) in [5.41, 5.74) is 1.05. The Bertz CT molecular complexity index is 719. The highest BCUT2D eigenvalue weighted by atomic mass is 79.9. The van der Waals surface area contributed by atoms with E-state index in [9.17, 15) is 0 Å². The molecule has 2 aromatic rings. The molecule has 0 amide bonds. The average Bonchev–Trinajstić information content (AvgIpc) is 3.29. The minimum atomic E-state index is 0.174. The second kappa shape index (κ2) is 6.07. The van der Waals surface area contributed by atoms with Gasteiger partial charge in [0.2, 0.25) is 0 Å². The minimum Gasteiger partial charge on any atom is -0.487 e. The van der Waals surface area contributed by atoms with Crippen LogP contribution < -0.4 is 9.64 Å². The molecule has 1 atom stereocenters. The van der Waals surface area contributed by atoms with E-state index < -0.39 is 0 Å². The Labute approximate surface area is 144 Å². The van der Waals surface area contributed by atoms with E-state index in [1.807, 2.05) is 6.07 Å². The van der Waals surface area contributed by atoms with Gasteiger partial charge in [-0.1, -0.05) is 0 Å². The van der Waals surface area contributed by atoms with E-state index in [2.05, 4.69) is 43.8 Å². The van der Waals surface area contributed by atoms with Crippen molar-refractivity contribution in [3.05, 3.63) is 40.5 Å². The fourth-order valence-corrected chi connectivity index (χ4v) is 3.27. The molecule has 1 saturated carbocycles. The van der Waals surface area contributed by atoms with Gasteiger partial charge in [-0.3, -0.25) is 4.98 Å². The fraction of sp³-hybridized carbons (Fsp3) is 0.471. The monoisotopic (exact) mass is 374 g/mol. The summed E-state index contributed by atoms with van der Waals surface area (Å²) in [5.74, 6) is 3.49. The third-order valence-electron chi connectivity index (χ3n) is 4.30. The number of ether oxygens (including phenoxy) is 1. The van der Waals surface area contributed by atoms with E-state index in [1.54, 1.807) is 12.4 Å². The SMILES string of the molecule is Cc1cc(N2CCC(Oc3ccncc3Br)C2)nc(C2CC2)n1. The Balaban J connectivity index is 1.47. The van der Waals surface area contributed by atoms with Crippen LogP contribution in [0, 0.1) is 6.92 Å². The van der Waals surface area contributed by atoms with E-state index in [0.29, 0.717) is 5.92 Å². The molecule has 0 bridgehead atoms. The molecule has 1 aliphatic heterocycles. The van der Waals surface area contributed by atoms with Gasteiger partial charge in [-0.2, -0.15) is 0 Å². The number of nitrogens with zero attached hydrogens (tertiary/aromatic N) is 4. The van der Waals surface area contributed by atoms with Crippen molar-refractivity contribution >= 4 is 21.7 Å². The molecule has 2 aromatic heterocycles. The molecule has 2 aliphatic rings. The van der Waals surface area contributed by atoms with Gasteiger partial charge in [-0.15, -0.1) is 0 Å². The van der Waals surface area contributed by atoms with Crippen molar-refractivity contribution in [1.82, 2.24) is 15.0 Å². The second-order valence-corrected chi connectivity index (χ2v) is 7.13. The number of hydrogen-bond acceptors (Lipinski definition) is 5. The molecule has 6 heteroatoms. The number of halogens is 1. The van der Waals surface area contributed by atoms with Gasteiger partial charge in [-0.05, 0) is 41.8 Å². The van der Waals surface area contributed by atoms with Crippen molar-refractivity contribution in [2.45, 2.75) is 38.2 Å². The average molecular weight is 375 g/mol. The van der Waals surface area contributed by atoms with Crippen molar-refractivity contribution in [3.8, 4) is 5.75 Å². The molecule has 0 radical (unpaired) electrons. The number of anilines is 1. The number of aromatic nitrogens is 3. The zero-order chi connectivity index (χ0) is 15.8. The smallest absolute Gasteiger partial charge is 0.137 e. The van der Waals surface area contributed by atoms with Gasteiger partial charge < -0.3 is 9.64 Å². The first-order chi connectivity index (χ1) is 11.2. The Hall–Kier alpha value is -1.69. The molecular weight excluding hydrogens is 356 g/mol. The van der Waals surface area contributed by atoms with Gasteiger partial charge in [0, 0.05) is 43.0 Å². The van der Waals surface area contributed by atoms with Crippen LogP contribution in [0.5, 0.6) is 5.75 Å². The molecule has 120 valence electrons. The lowest BCUT2D eigenvalue weighted by atomic mass is 10.3. The molecule has 0 N–H and O–H groups in total. The molecular formula is C17H19BrN4O. The Kier molecular flexibility index (Phi) is 3.93. The standard InChI is InChI=1S/C17H19BrN4O/c1-11-8-16(21-17(20-11)12-2-3-12)22-7-5-13(10-22)23-15-4-6-19-9-14(15)18/h4,6,8-9,12-13H,2-3,5,7,10H2,1H3. The summed E-state index contributed by atoms with van der Waals surface area (Å²) < 4.78 is 7.00. The number of rotatable bonds is 4. The Morgan fingerprint density at radius 3 is 2.91 bits per heavy atom. The molecule has 0 spiro atoms. The molecule has 3 heterocycles. The first-order valence-electron chi connectivity index (χ1n) is 8.06.